The lowest BCUT2D eigenvalue weighted by molar-refractivity contribution is -0.131. The van der Waals surface area contributed by atoms with Crippen molar-refractivity contribution in [3.05, 3.63) is 82.9 Å². The number of rotatable bonds is 6. The molecule has 1 heterocycles. The van der Waals surface area contributed by atoms with Crippen LogP contribution in [0.5, 0.6) is 0 Å². The van der Waals surface area contributed by atoms with Crippen molar-refractivity contribution in [1.29, 1.82) is 0 Å². The van der Waals surface area contributed by atoms with Crippen molar-refractivity contribution in [2.45, 2.75) is 31.8 Å². The average Bonchev–Trinajstić information content (AvgIpc) is 3.17. The summed E-state index contributed by atoms with van der Waals surface area (Å²) in [5, 5.41) is 3.48. The normalized spacial score (nSPS) is 16.2. The first-order chi connectivity index (χ1) is 13.1. The number of carbonyl (C=O) groups is 2. The van der Waals surface area contributed by atoms with Crippen LogP contribution < -0.4 is 5.32 Å². The van der Waals surface area contributed by atoms with Gasteiger partial charge in [0.05, 0.1) is 12.5 Å². The zero-order valence-electron chi connectivity index (χ0n) is 15.2. The molecule has 2 aromatic rings. The SMILES string of the molecule is C=CC(=O)NCc1ccccc1CC(=O)N1CCCC1c1ccccc1Cl. The molecule has 0 saturated carbocycles. The maximum absolute atomic E-state index is 13.0. The Bertz CT molecular complexity index is 850. The van der Waals surface area contributed by atoms with E-state index in [4.69, 9.17) is 11.6 Å². The van der Waals surface area contributed by atoms with Crippen LogP contribution in [0, 0.1) is 0 Å². The lowest BCUT2D eigenvalue weighted by Gasteiger charge is -2.26. The van der Waals surface area contributed by atoms with E-state index in [0.29, 0.717) is 18.0 Å². The Morgan fingerprint density at radius 2 is 1.85 bits per heavy atom. The van der Waals surface area contributed by atoms with Gasteiger partial charge in [-0.25, -0.2) is 0 Å². The Morgan fingerprint density at radius 3 is 2.59 bits per heavy atom. The minimum Gasteiger partial charge on any atom is -0.348 e. The number of amides is 2. The van der Waals surface area contributed by atoms with Crippen molar-refractivity contribution in [3.63, 3.8) is 0 Å². The van der Waals surface area contributed by atoms with Crippen LogP contribution in [0.1, 0.15) is 35.6 Å². The highest BCUT2D eigenvalue weighted by molar-refractivity contribution is 6.31. The highest BCUT2D eigenvalue weighted by Gasteiger charge is 2.31. The zero-order chi connectivity index (χ0) is 19.2. The van der Waals surface area contributed by atoms with Gasteiger partial charge in [0.25, 0.3) is 0 Å². The van der Waals surface area contributed by atoms with Gasteiger partial charge in [-0.05, 0) is 41.7 Å². The van der Waals surface area contributed by atoms with E-state index in [-0.39, 0.29) is 17.9 Å². The molecule has 0 aromatic heterocycles. The second-order valence-corrected chi connectivity index (χ2v) is 7.04. The van der Waals surface area contributed by atoms with Gasteiger partial charge in [0, 0.05) is 18.1 Å². The molecule has 1 N–H and O–H groups in total. The number of hydrogen-bond acceptors (Lipinski definition) is 2. The van der Waals surface area contributed by atoms with Gasteiger partial charge in [-0.15, -0.1) is 0 Å². The molecule has 1 aliphatic rings. The Hall–Kier alpha value is -2.59. The monoisotopic (exact) mass is 382 g/mol. The van der Waals surface area contributed by atoms with Crippen molar-refractivity contribution in [2.24, 2.45) is 0 Å². The Labute approximate surface area is 164 Å². The molecule has 140 valence electrons. The molecule has 1 aliphatic heterocycles. The highest BCUT2D eigenvalue weighted by Crippen LogP contribution is 2.36. The smallest absolute Gasteiger partial charge is 0.243 e. The maximum Gasteiger partial charge on any atom is 0.243 e. The molecule has 2 amide bonds. The van der Waals surface area contributed by atoms with Crippen LogP contribution in [0.2, 0.25) is 5.02 Å². The molecule has 3 rings (SSSR count). The fraction of sp³-hybridized carbons (Fsp3) is 0.273. The third-order valence-corrected chi connectivity index (χ3v) is 5.28. The number of halogens is 1. The van der Waals surface area contributed by atoms with E-state index in [1.807, 2.05) is 53.4 Å². The molecule has 0 aliphatic carbocycles. The van der Waals surface area contributed by atoms with Crippen LogP contribution in [-0.2, 0) is 22.6 Å². The van der Waals surface area contributed by atoms with E-state index in [1.54, 1.807) is 0 Å². The molecule has 0 spiro atoms. The Balaban J connectivity index is 1.74. The fourth-order valence-corrected chi connectivity index (χ4v) is 3.82. The first-order valence-corrected chi connectivity index (χ1v) is 9.49. The van der Waals surface area contributed by atoms with Crippen LogP contribution in [0.3, 0.4) is 0 Å². The van der Waals surface area contributed by atoms with E-state index in [9.17, 15) is 9.59 Å². The van der Waals surface area contributed by atoms with Crippen LogP contribution in [0.4, 0.5) is 0 Å². The van der Waals surface area contributed by atoms with E-state index >= 15 is 0 Å². The summed E-state index contributed by atoms with van der Waals surface area (Å²) in [6, 6.07) is 15.4. The lowest BCUT2D eigenvalue weighted by Crippen LogP contribution is -2.32. The van der Waals surface area contributed by atoms with Gasteiger partial charge in [0.15, 0.2) is 0 Å². The number of benzene rings is 2. The number of carbonyl (C=O) groups excluding carboxylic acids is 2. The lowest BCUT2D eigenvalue weighted by atomic mass is 10.0. The number of likely N-dealkylation sites (tertiary alicyclic amines) is 1. The summed E-state index contributed by atoms with van der Waals surface area (Å²) in [5.41, 5.74) is 2.88. The topological polar surface area (TPSA) is 49.4 Å². The summed E-state index contributed by atoms with van der Waals surface area (Å²) in [7, 11) is 0. The van der Waals surface area contributed by atoms with Crippen LogP contribution >= 0.6 is 11.6 Å². The van der Waals surface area contributed by atoms with E-state index < -0.39 is 0 Å². The molecule has 1 saturated heterocycles. The molecule has 1 fully saturated rings. The van der Waals surface area contributed by atoms with E-state index in [1.165, 1.54) is 6.08 Å². The quantitative estimate of drug-likeness (QED) is 0.766. The molecule has 0 radical (unpaired) electrons. The predicted octanol–water partition coefficient (Wildman–Crippen LogP) is 4.05. The molecular formula is C22H23ClN2O2. The first-order valence-electron chi connectivity index (χ1n) is 9.11. The van der Waals surface area contributed by atoms with Crippen molar-refractivity contribution in [3.8, 4) is 0 Å². The van der Waals surface area contributed by atoms with Crippen LogP contribution in [-0.4, -0.2) is 23.3 Å². The van der Waals surface area contributed by atoms with Crippen molar-refractivity contribution >= 4 is 23.4 Å². The molecule has 1 atom stereocenters. The maximum atomic E-state index is 13.0. The molecule has 4 nitrogen and oxygen atoms in total. The third-order valence-electron chi connectivity index (χ3n) is 4.94. The second kappa shape index (κ2) is 8.87. The van der Waals surface area contributed by atoms with Gasteiger partial charge in [0.2, 0.25) is 11.8 Å². The summed E-state index contributed by atoms with van der Waals surface area (Å²) in [6.45, 7) is 4.57. The van der Waals surface area contributed by atoms with Gasteiger partial charge in [0.1, 0.15) is 0 Å². The molecule has 1 unspecified atom stereocenters. The number of hydrogen-bond donors (Lipinski definition) is 1. The third kappa shape index (κ3) is 4.58. The van der Waals surface area contributed by atoms with Gasteiger partial charge in [-0.1, -0.05) is 60.6 Å². The summed E-state index contributed by atoms with van der Waals surface area (Å²) >= 11 is 6.36. The van der Waals surface area contributed by atoms with Gasteiger partial charge >= 0.3 is 0 Å². The molecule has 2 aromatic carbocycles. The highest BCUT2D eigenvalue weighted by atomic mass is 35.5. The fourth-order valence-electron chi connectivity index (χ4n) is 3.56. The number of nitrogens with zero attached hydrogens (tertiary/aromatic N) is 1. The zero-order valence-corrected chi connectivity index (χ0v) is 15.9. The number of nitrogens with one attached hydrogen (secondary N) is 1. The van der Waals surface area contributed by atoms with Crippen molar-refractivity contribution in [2.75, 3.05) is 6.54 Å². The largest absolute Gasteiger partial charge is 0.348 e. The minimum absolute atomic E-state index is 0.0267. The summed E-state index contributed by atoms with van der Waals surface area (Å²) in [5.74, 6) is -0.144. The van der Waals surface area contributed by atoms with Crippen LogP contribution in [0.15, 0.2) is 61.2 Å². The van der Waals surface area contributed by atoms with Gasteiger partial charge < -0.3 is 10.2 Å². The predicted molar refractivity (Wildman–Crippen MR) is 107 cm³/mol. The Kier molecular flexibility index (Phi) is 6.30. The van der Waals surface area contributed by atoms with E-state index in [2.05, 4.69) is 11.9 Å². The molecule has 5 heteroatoms. The molecule has 0 bridgehead atoms. The standard InChI is InChI=1S/C22H23ClN2O2/c1-2-21(26)24-15-17-9-4-3-8-16(17)14-22(27)25-13-7-12-20(25)18-10-5-6-11-19(18)23/h2-6,8-11,20H,1,7,12-15H2,(H,24,26). The minimum atomic E-state index is -0.227. The summed E-state index contributed by atoms with van der Waals surface area (Å²) in [6.07, 6.45) is 3.44. The summed E-state index contributed by atoms with van der Waals surface area (Å²) < 4.78 is 0. The first kappa shape index (κ1) is 19.2. The molecule has 27 heavy (non-hydrogen) atoms. The molecular weight excluding hydrogens is 360 g/mol. The van der Waals surface area contributed by atoms with Gasteiger partial charge in [-0.3, -0.25) is 9.59 Å². The van der Waals surface area contributed by atoms with Crippen molar-refractivity contribution < 1.29 is 9.59 Å². The Morgan fingerprint density at radius 1 is 1.15 bits per heavy atom. The summed E-state index contributed by atoms with van der Waals surface area (Å²) in [4.78, 5) is 26.4. The van der Waals surface area contributed by atoms with Crippen molar-refractivity contribution in [1.82, 2.24) is 10.2 Å². The second-order valence-electron chi connectivity index (χ2n) is 6.63. The average molecular weight is 383 g/mol. The van der Waals surface area contributed by atoms with Crippen LogP contribution in [0.25, 0.3) is 0 Å². The van der Waals surface area contributed by atoms with E-state index in [0.717, 1.165) is 36.1 Å². The van der Waals surface area contributed by atoms with Gasteiger partial charge in [-0.2, -0.15) is 0 Å².